The Labute approximate surface area is 110 Å². The van der Waals surface area contributed by atoms with E-state index in [2.05, 4.69) is 38.1 Å². The monoisotopic (exact) mass is 251 g/mol. The standard InChI is InChI=1S/C15H25NS/c1-3-4-5-6-9-14(16)12-17-15-10-7-8-13(2)11-15/h7-8,10-11,14H,3-6,9,12,16H2,1-2H3. The number of nitrogens with two attached hydrogens (primary N) is 1. The third-order valence-electron chi connectivity index (χ3n) is 2.88. The van der Waals surface area contributed by atoms with E-state index >= 15 is 0 Å². The van der Waals surface area contributed by atoms with Crippen molar-refractivity contribution >= 4 is 11.8 Å². The zero-order valence-electron chi connectivity index (χ0n) is 11.1. The summed E-state index contributed by atoms with van der Waals surface area (Å²) in [6.45, 7) is 4.38. The first kappa shape index (κ1) is 14.6. The van der Waals surface area contributed by atoms with Crippen molar-refractivity contribution < 1.29 is 0 Å². The second-order valence-electron chi connectivity index (χ2n) is 4.74. The molecule has 96 valence electrons. The smallest absolute Gasteiger partial charge is 0.0133 e. The van der Waals surface area contributed by atoms with Gasteiger partial charge in [0.25, 0.3) is 0 Å². The maximum Gasteiger partial charge on any atom is 0.0133 e. The Morgan fingerprint density at radius 1 is 1.24 bits per heavy atom. The minimum Gasteiger partial charge on any atom is -0.327 e. The van der Waals surface area contributed by atoms with Gasteiger partial charge in [-0.1, -0.05) is 50.3 Å². The summed E-state index contributed by atoms with van der Waals surface area (Å²) in [5.74, 6) is 1.04. The molecule has 0 saturated carbocycles. The molecule has 0 spiro atoms. The van der Waals surface area contributed by atoms with E-state index < -0.39 is 0 Å². The minimum atomic E-state index is 0.345. The van der Waals surface area contributed by atoms with E-state index in [1.807, 2.05) is 11.8 Å². The van der Waals surface area contributed by atoms with Crippen LogP contribution in [0.5, 0.6) is 0 Å². The summed E-state index contributed by atoms with van der Waals surface area (Å²) in [6.07, 6.45) is 6.42. The zero-order valence-corrected chi connectivity index (χ0v) is 11.9. The predicted molar refractivity (Wildman–Crippen MR) is 78.6 cm³/mol. The van der Waals surface area contributed by atoms with Crippen molar-refractivity contribution in [2.75, 3.05) is 5.75 Å². The molecule has 0 saturated heterocycles. The molecule has 0 radical (unpaired) electrons. The van der Waals surface area contributed by atoms with Gasteiger partial charge >= 0.3 is 0 Å². The van der Waals surface area contributed by atoms with Gasteiger partial charge in [-0.2, -0.15) is 0 Å². The van der Waals surface area contributed by atoms with Crippen molar-refractivity contribution in [3.05, 3.63) is 29.8 Å². The molecular weight excluding hydrogens is 226 g/mol. The van der Waals surface area contributed by atoms with Crippen molar-refractivity contribution in [2.24, 2.45) is 5.73 Å². The lowest BCUT2D eigenvalue weighted by molar-refractivity contribution is 0.579. The summed E-state index contributed by atoms with van der Waals surface area (Å²) >= 11 is 1.88. The number of aryl methyl sites for hydroxylation is 1. The van der Waals surface area contributed by atoms with E-state index in [0.29, 0.717) is 6.04 Å². The molecule has 0 aliphatic rings. The van der Waals surface area contributed by atoms with Gasteiger partial charge in [0.05, 0.1) is 0 Å². The van der Waals surface area contributed by atoms with Gasteiger partial charge in [-0.05, 0) is 25.5 Å². The number of unbranched alkanes of at least 4 members (excludes halogenated alkanes) is 3. The van der Waals surface area contributed by atoms with E-state index in [1.165, 1.54) is 42.6 Å². The van der Waals surface area contributed by atoms with Gasteiger partial charge in [-0.25, -0.2) is 0 Å². The topological polar surface area (TPSA) is 26.0 Å². The lowest BCUT2D eigenvalue weighted by atomic mass is 10.1. The molecule has 0 aliphatic heterocycles. The van der Waals surface area contributed by atoms with Crippen molar-refractivity contribution in [1.82, 2.24) is 0 Å². The third-order valence-corrected chi connectivity index (χ3v) is 4.06. The normalized spacial score (nSPS) is 12.6. The molecule has 1 aromatic rings. The molecular formula is C15H25NS. The quantitative estimate of drug-likeness (QED) is 0.548. The summed E-state index contributed by atoms with van der Waals surface area (Å²) in [7, 11) is 0. The van der Waals surface area contributed by atoms with E-state index in [4.69, 9.17) is 5.73 Å². The number of rotatable bonds is 8. The van der Waals surface area contributed by atoms with Gasteiger partial charge in [-0.3, -0.25) is 0 Å². The number of thioether (sulfide) groups is 1. The summed E-state index contributed by atoms with van der Waals surface area (Å²) < 4.78 is 0. The highest BCUT2D eigenvalue weighted by Gasteiger charge is 2.03. The van der Waals surface area contributed by atoms with Crippen LogP contribution >= 0.6 is 11.8 Å². The van der Waals surface area contributed by atoms with Crippen molar-refractivity contribution in [3.8, 4) is 0 Å². The number of benzene rings is 1. The summed E-state index contributed by atoms with van der Waals surface area (Å²) in [6, 6.07) is 8.99. The van der Waals surface area contributed by atoms with Gasteiger partial charge < -0.3 is 5.73 Å². The summed E-state index contributed by atoms with van der Waals surface area (Å²) in [5, 5.41) is 0. The molecule has 2 heteroatoms. The lowest BCUT2D eigenvalue weighted by Crippen LogP contribution is -2.22. The molecule has 0 aromatic heterocycles. The average Bonchev–Trinajstić information content (AvgIpc) is 2.32. The Morgan fingerprint density at radius 2 is 2.06 bits per heavy atom. The Kier molecular flexibility index (Phi) is 7.38. The fourth-order valence-corrected chi connectivity index (χ4v) is 2.84. The largest absolute Gasteiger partial charge is 0.327 e. The Morgan fingerprint density at radius 3 is 2.76 bits per heavy atom. The molecule has 17 heavy (non-hydrogen) atoms. The predicted octanol–water partition coefficient (Wildman–Crippen LogP) is 4.38. The second kappa shape index (κ2) is 8.60. The van der Waals surface area contributed by atoms with E-state index in [-0.39, 0.29) is 0 Å². The summed E-state index contributed by atoms with van der Waals surface area (Å²) in [5.41, 5.74) is 7.45. The first-order chi connectivity index (χ1) is 8.22. The van der Waals surface area contributed by atoms with E-state index in [0.717, 1.165) is 5.75 Å². The van der Waals surface area contributed by atoms with E-state index in [1.54, 1.807) is 0 Å². The van der Waals surface area contributed by atoms with Crippen LogP contribution in [0.3, 0.4) is 0 Å². The number of hydrogen-bond donors (Lipinski definition) is 1. The maximum absolute atomic E-state index is 6.12. The Bertz CT molecular complexity index is 312. The third kappa shape index (κ3) is 6.75. The molecule has 0 aliphatic carbocycles. The molecule has 2 N–H and O–H groups in total. The molecule has 0 heterocycles. The second-order valence-corrected chi connectivity index (χ2v) is 5.83. The van der Waals surface area contributed by atoms with Crippen LogP contribution in [0.15, 0.2) is 29.2 Å². The van der Waals surface area contributed by atoms with Gasteiger partial charge in [0.2, 0.25) is 0 Å². The SMILES string of the molecule is CCCCCCC(N)CSc1cccc(C)c1. The number of hydrogen-bond acceptors (Lipinski definition) is 2. The zero-order chi connectivity index (χ0) is 12.5. The van der Waals surface area contributed by atoms with Crippen LogP contribution < -0.4 is 5.73 Å². The molecule has 0 fully saturated rings. The highest BCUT2D eigenvalue weighted by Crippen LogP contribution is 2.20. The maximum atomic E-state index is 6.12. The molecule has 1 nitrogen and oxygen atoms in total. The van der Waals surface area contributed by atoms with Crippen LogP contribution in [-0.4, -0.2) is 11.8 Å². The van der Waals surface area contributed by atoms with Crippen molar-refractivity contribution in [3.63, 3.8) is 0 Å². The highest BCUT2D eigenvalue weighted by atomic mass is 32.2. The van der Waals surface area contributed by atoms with Gasteiger partial charge in [0, 0.05) is 16.7 Å². The van der Waals surface area contributed by atoms with Gasteiger partial charge in [0.1, 0.15) is 0 Å². The lowest BCUT2D eigenvalue weighted by Gasteiger charge is -2.11. The highest BCUT2D eigenvalue weighted by molar-refractivity contribution is 7.99. The first-order valence-electron chi connectivity index (χ1n) is 6.67. The average molecular weight is 251 g/mol. The fraction of sp³-hybridized carbons (Fsp3) is 0.600. The van der Waals surface area contributed by atoms with Crippen LogP contribution in [0.4, 0.5) is 0 Å². The minimum absolute atomic E-state index is 0.345. The Balaban J connectivity index is 2.17. The van der Waals surface area contributed by atoms with E-state index in [9.17, 15) is 0 Å². The molecule has 1 atom stereocenters. The molecule has 1 rings (SSSR count). The molecule has 1 unspecified atom stereocenters. The van der Waals surface area contributed by atoms with Gasteiger partial charge in [-0.15, -0.1) is 11.8 Å². The fourth-order valence-electron chi connectivity index (χ4n) is 1.83. The molecule has 1 aromatic carbocycles. The van der Waals surface area contributed by atoms with Crippen LogP contribution in [-0.2, 0) is 0 Å². The first-order valence-corrected chi connectivity index (χ1v) is 7.66. The van der Waals surface area contributed by atoms with Crippen LogP contribution in [0, 0.1) is 6.92 Å². The Hall–Kier alpha value is -0.470. The summed E-state index contributed by atoms with van der Waals surface area (Å²) in [4.78, 5) is 1.34. The molecule has 0 bridgehead atoms. The molecule has 0 amide bonds. The van der Waals surface area contributed by atoms with Crippen LogP contribution in [0.25, 0.3) is 0 Å². The van der Waals surface area contributed by atoms with Crippen LogP contribution in [0.2, 0.25) is 0 Å². The van der Waals surface area contributed by atoms with Crippen molar-refractivity contribution in [2.45, 2.75) is 56.9 Å². The van der Waals surface area contributed by atoms with Crippen LogP contribution in [0.1, 0.15) is 44.6 Å². The van der Waals surface area contributed by atoms with Gasteiger partial charge in [0.15, 0.2) is 0 Å². The van der Waals surface area contributed by atoms with Crippen molar-refractivity contribution in [1.29, 1.82) is 0 Å².